The third-order valence-corrected chi connectivity index (χ3v) is 5.02. The Hall–Kier alpha value is -1.28. The second-order valence-electron chi connectivity index (χ2n) is 6.20. The maximum atomic E-state index is 6.19. The Bertz CT molecular complexity index is 589. The molecule has 0 saturated heterocycles. The monoisotopic (exact) mass is 256 g/mol. The van der Waals surface area contributed by atoms with E-state index in [4.69, 9.17) is 5.73 Å². The van der Waals surface area contributed by atoms with Gasteiger partial charge < -0.3 is 10.7 Å². The molecule has 0 spiro atoms. The van der Waals surface area contributed by atoms with Crippen LogP contribution >= 0.6 is 0 Å². The van der Waals surface area contributed by atoms with Gasteiger partial charge in [-0.05, 0) is 43.4 Å². The van der Waals surface area contributed by atoms with Crippen molar-refractivity contribution in [1.82, 2.24) is 4.98 Å². The first kappa shape index (κ1) is 12.7. The van der Waals surface area contributed by atoms with Crippen molar-refractivity contribution in [2.75, 3.05) is 6.54 Å². The lowest BCUT2D eigenvalue weighted by Crippen LogP contribution is -2.37. The van der Waals surface area contributed by atoms with Gasteiger partial charge in [-0.25, -0.2) is 0 Å². The maximum Gasteiger partial charge on any atom is 0.0489 e. The second kappa shape index (κ2) is 4.68. The second-order valence-corrected chi connectivity index (χ2v) is 6.20. The van der Waals surface area contributed by atoms with Crippen LogP contribution in [0.25, 0.3) is 10.9 Å². The lowest BCUT2D eigenvalue weighted by Gasteiger charge is -2.36. The van der Waals surface area contributed by atoms with Crippen molar-refractivity contribution < 1.29 is 0 Å². The maximum absolute atomic E-state index is 6.19. The molecule has 0 atom stereocenters. The smallest absolute Gasteiger partial charge is 0.0489 e. The molecule has 1 aromatic heterocycles. The summed E-state index contributed by atoms with van der Waals surface area (Å²) in [6.07, 6.45) is 8.70. The van der Waals surface area contributed by atoms with Crippen LogP contribution in [0.2, 0.25) is 0 Å². The highest BCUT2D eigenvalue weighted by molar-refractivity contribution is 5.90. The summed E-state index contributed by atoms with van der Waals surface area (Å²) >= 11 is 0. The van der Waals surface area contributed by atoms with Crippen molar-refractivity contribution in [1.29, 1.82) is 0 Å². The van der Waals surface area contributed by atoms with Crippen LogP contribution in [0.1, 0.15) is 48.8 Å². The molecule has 1 fully saturated rings. The highest BCUT2D eigenvalue weighted by atomic mass is 14.7. The van der Waals surface area contributed by atoms with Crippen molar-refractivity contribution in [2.24, 2.45) is 5.73 Å². The minimum atomic E-state index is 0.203. The Kier molecular flexibility index (Phi) is 3.14. The zero-order valence-electron chi connectivity index (χ0n) is 12.1. The fraction of sp³-hybridized carbons (Fsp3) is 0.529. The lowest BCUT2D eigenvalue weighted by atomic mass is 9.69. The molecule has 19 heavy (non-hydrogen) atoms. The molecular weight excluding hydrogens is 232 g/mol. The van der Waals surface area contributed by atoms with Crippen LogP contribution < -0.4 is 5.73 Å². The Morgan fingerprint density at radius 3 is 2.47 bits per heavy atom. The zero-order chi connectivity index (χ0) is 13.5. The fourth-order valence-electron chi connectivity index (χ4n) is 3.79. The van der Waals surface area contributed by atoms with Gasteiger partial charge in [-0.2, -0.15) is 0 Å². The molecule has 0 amide bonds. The van der Waals surface area contributed by atoms with E-state index in [1.54, 1.807) is 0 Å². The Morgan fingerprint density at radius 1 is 1.11 bits per heavy atom. The quantitative estimate of drug-likeness (QED) is 0.839. The van der Waals surface area contributed by atoms with Gasteiger partial charge in [0.25, 0.3) is 0 Å². The van der Waals surface area contributed by atoms with Crippen LogP contribution in [0, 0.1) is 13.8 Å². The van der Waals surface area contributed by atoms with Gasteiger partial charge in [0, 0.05) is 29.1 Å². The number of rotatable bonds is 2. The first-order valence-corrected chi connectivity index (χ1v) is 7.46. The molecule has 0 unspecified atom stereocenters. The van der Waals surface area contributed by atoms with E-state index in [-0.39, 0.29) is 5.41 Å². The Labute approximate surface area is 115 Å². The molecule has 2 aromatic rings. The molecule has 1 saturated carbocycles. The predicted octanol–water partition coefficient (Wildman–Crippen LogP) is 3.95. The largest absolute Gasteiger partial charge is 0.361 e. The van der Waals surface area contributed by atoms with Gasteiger partial charge in [0.05, 0.1) is 0 Å². The van der Waals surface area contributed by atoms with Gasteiger partial charge in [0.2, 0.25) is 0 Å². The van der Waals surface area contributed by atoms with Gasteiger partial charge in [-0.1, -0.05) is 31.4 Å². The first-order chi connectivity index (χ1) is 9.18. The van der Waals surface area contributed by atoms with Crippen molar-refractivity contribution in [3.05, 3.63) is 35.0 Å². The van der Waals surface area contributed by atoms with Gasteiger partial charge >= 0.3 is 0 Å². The van der Waals surface area contributed by atoms with Crippen LogP contribution in [0.5, 0.6) is 0 Å². The topological polar surface area (TPSA) is 41.8 Å². The van der Waals surface area contributed by atoms with E-state index >= 15 is 0 Å². The number of aryl methyl sites for hydroxylation is 2. The summed E-state index contributed by atoms with van der Waals surface area (Å²) < 4.78 is 0. The Balaban J connectivity index is 2.22. The molecule has 2 heteroatoms. The molecule has 0 aliphatic heterocycles. The average molecular weight is 256 g/mol. The van der Waals surface area contributed by atoms with E-state index < -0.39 is 0 Å². The number of H-pyrrole nitrogens is 1. The fourth-order valence-corrected chi connectivity index (χ4v) is 3.79. The molecule has 1 aromatic carbocycles. The van der Waals surface area contributed by atoms with Crippen molar-refractivity contribution in [2.45, 2.75) is 51.4 Å². The normalized spacial score (nSPS) is 18.9. The SMILES string of the molecule is Cc1ccc(C)c2c(C3(CN)CCCCC3)c[nH]c12. The zero-order valence-corrected chi connectivity index (χ0v) is 12.1. The van der Waals surface area contributed by atoms with Crippen LogP contribution in [0.4, 0.5) is 0 Å². The molecule has 102 valence electrons. The molecule has 1 heterocycles. The van der Waals surface area contributed by atoms with E-state index in [2.05, 4.69) is 37.2 Å². The number of aromatic amines is 1. The standard InChI is InChI=1S/C17H24N2/c1-12-6-7-13(2)16-15(12)14(10-19-16)17(11-18)8-4-3-5-9-17/h6-7,10,19H,3-5,8-9,11,18H2,1-2H3. The number of fused-ring (bicyclic) bond motifs is 1. The summed E-state index contributed by atoms with van der Waals surface area (Å²) in [4.78, 5) is 3.50. The number of benzene rings is 1. The number of hydrogen-bond donors (Lipinski definition) is 2. The van der Waals surface area contributed by atoms with Gasteiger partial charge in [0.15, 0.2) is 0 Å². The molecular formula is C17H24N2. The molecule has 0 bridgehead atoms. The van der Waals surface area contributed by atoms with Gasteiger partial charge in [0.1, 0.15) is 0 Å². The van der Waals surface area contributed by atoms with E-state index in [1.165, 1.54) is 59.7 Å². The van der Waals surface area contributed by atoms with Crippen LogP contribution in [0.3, 0.4) is 0 Å². The van der Waals surface area contributed by atoms with Gasteiger partial charge in [-0.15, -0.1) is 0 Å². The summed E-state index contributed by atoms with van der Waals surface area (Å²) in [5.74, 6) is 0. The highest BCUT2D eigenvalue weighted by Gasteiger charge is 2.34. The third-order valence-electron chi connectivity index (χ3n) is 5.02. The van der Waals surface area contributed by atoms with Crippen molar-refractivity contribution in [3.63, 3.8) is 0 Å². The highest BCUT2D eigenvalue weighted by Crippen LogP contribution is 2.42. The van der Waals surface area contributed by atoms with Crippen LogP contribution in [-0.2, 0) is 5.41 Å². The summed E-state index contributed by atoms with van der Waals surface area (Å²) in [5.41, 5.74) is 11.9. The molecule has 3 N–H and O–H groups in total. The van der Waals surface area contributed by atoms with Gasteiger partial charge in [-0.3, -0.25) is 0 Å². The minimum Gasteiger partial charge on any atom is -0.361 e. The predicted molar refractivity (Wildman–Crippen MR) is 81.6 cm³/mol. The number of nitrogens with two attached hydrogens (primary N) is 1. The van der Waals surface area contributed by atoms with Crippen LogP contribution in [-0.4, -0.2) is 11.5 Å². The van der Waals surface area contributed by atoms with Crippen molar-refractivity contribution in [3.8, 4) is 0 Å². The van der Waals surface area contributed by atoms with E-state index in [1.807, 2.05) is 0 Å². The summed E-state index contributed by atoms with van der Waals surface area (Å²) in [6.45, 7) is 5.16. The van der Waals surface area contributed by atoms with Crippen LogP contribution in [0.15, 0.2) is 18.3 Å². The molecule has 1 aliphatic rings. The number of nitrogens with one attached hydrogen (secondary N) is 1. The van der Waals surface area contributed by atoms with E-state index in [9.17, 15) is 0 Å². The summed E-state index contributed by atoms with van der Waals surface area (Å²) in [6, 6.07) is 4.44. The summed E-state index contributed by atoms with van der Waals surface area (Å²) in [5, 5.41) is 1.42. The summed E-state index contributed by atoms with van der Waals surface area (Å²) in [7, 11) is 0. The number of hydrogen-bond acceptors (Lipinski definition) is 1. The number of aromatic nitrogens is 1. The van der Waals surface area contributed by atoms with Crippen molar-refractivity contribution >= 4 is 10.9 Å². The molecule has 0 radical (unpaired) electrons. The third kappa shape index (κ3) is 1.90. The first-order valence-electron chi connectivity index (χ1n) is 7.46. The Morgan fingerprint density at radius 2 is 1.79 bits per heavy atom. The average Bonchev–Trinajstić information content (AvgIpc) is 2.90. The molecule has 1 aliphatic carbocycles. The lowest BCUT2D eigenvalue weighted by molar-refractivity contribution is 0.303. The molecule has 2 nitrogen and oxygen atoms in total. The van der Waals surface area contributed by atoms with E-state index in [0.717, 1.165) is 6.54 Å². The molecule has 3 rings (SSSR count). The van der Waals surface area contributed by atoms with E-state index in [0.29, 0.717) is 0 Å². The minimum absolute atomic E-state index is 0.203.